The molecular weight excluding hydrogens is 416 g/mol. The van der Waals surface area contributed by atoms with E-state index in [9.17, 15) is 9.59 Å². The first-order valence-corrected chi connectivity index (χ1v) is 10.8. The highest BCUT2D eigenvalue weighted by molar-refractivity contribution is 8.18. The van der Waals surface area contributed by atoms with Gasteiger partial charge in [0, 0.05) is 22.1 Å². The van der Waals surface area contributed by atoms with E-state index in [1.54, 1.807) is 12.1 Å². The van der Waals surface area contributed by atoms with Crippen molar-refractivity contribution in [3.63, 3.8) is 0 Å². The van der Waals surface area contributed by atoms with Crippen molar-refractivity contribution < 1.29 is 9.59 Å². The number of aromatic nitrogens is 1. The van der Waals surface area contributed by atoms with Crippen molar-refractivity contribution in [2.75, 3.05) is 0 Å². The highest BCUT2D eigenvalue weighted by Crippen LogP contribution is 2.34. The average molecular weight is 437 g/mol. The van der Waals surface area contributed by atoms with Crippen LogP contribution in [0, 0.1) is 20.8 Å². The Balaban J connectivity index is 1.62. The second-order valence-corrected chi connectivity index (χ2v) is 8.82. The maximum atomic E-state index is 12.9. The predicted molar refractivity (Wildman–Crippen MR) is 123 cm³/mol. The topological polar surface area (TPSA) is 42.3 Å². The number of nitrogens with zero attached hydrogens (tertiary/aromatic N) is 2. The number of aryl methyl sites for hydroxylation is 2. The summed E-state index contributed by atoms with van der Waals surface area (Å²) in [4.78, 5) is 27.1. The van der Waals surface area contributed by atoms with Crippen molar-refractivity contribution in [3.8, 4) is 5.69 Å². The number of hydrogen-bond donors (Lipinski definition) is 0. The van der Waals surface area contributed by atoms with E-state index in [0.717, 1.165) is 40.0 Å². The fraction of sp³-hybridized carbons (Fsp3) is 0.167. The zero-order chi connectivity index (χ0) is 21.4. The van der Waals surface area contributed by atoms with Gasteiger partial charge in [-0.25, -0.2) is 0 Å². The fourth-order valence-corrected chi connectivity index (χ4v) is 4.66. The molecule has 3 aromatic rings. The van der Waals surface area contributed by atoms with Crippen molar-refractivity contribution in [2.45, 2.75) is 27.3 Å². The van der Waals surface area contributed by atoms with Crippen LogP contribution in [0.5, 0.6) is 0 Å². The SMILES string of the molecule is Cc1ccc(-n2c(C)cc(/C=C3\SC(=O)N(Cc4cccc(Cl)c4)C3=O)c2C)cc1. The molecule has 1 fully saturated rings. The molecule has 0 atom stereocenters. The van der Waals surface area contributed by atoms with Crippen LogP contribution in [-0.4, -0.2) is 20.6 Å². The van der Waals surface area contributed by atoms with Crippen molar-refractivity contribution in [1.82, 2.24) is 9.47 Å². The molecule has 1 saturated heterocycles. The summed E-state index contributed by atoms with van der Waals surface area (Å²) in [6.45, 7) is 6.33. The molecule has 1 aromatic heterocycles. The van der Waals surface area contributed by atoms with Gasteiger partial charge in [0.1, 0.15) is 0 Å². The fourth-order valence-electron chi connectivity index (χ4n) is 3.62. The van der Waals surface area contributed by atoms with Crippen LogP contribution in [0.4, 0.5) is 4.79 Å². The molecule has 0 N–H and O–H groups in total. The van der Waals surface area contributed by atoms with E-state index in [4.69, 9.17) is 11.6 Å². The van der Waals surface area contributed by atoms with Crippen molar-refractivity contribution in [2.24, 2.45) is 0 Å². The second kappa shape index (κ2) is 8.17. The van der Waals surface area contributed by atoms with Crippen LogP contribution in [0.3, 0.4) is 0 Å². The smallest absolute Gasteiger partial charge is 0.293 e. The molecule has 30 heavy (non-hydrogen) atoms. The van der Waals surface area contributed by atoms with Gasteiger partial charge in [0.05, 0.1) is 11.4 Å². The van der Waals surface area contributed by atoms with Crippen LogP contribution < -0.4 is 0 Å². The Hall–Kier alpha value is -2.76. The normalized spacial score (nSPS) is 15.5. The van der Waals surface area contributed by atoms with Gasteiger partial charge in [0.15, 0.2) is 0 Å². The van der Waals surface area contributed by atoms with E-state index in [1.165, 1.54) is 10.5 Å². The summed E-state index contributed by atoms with van der Waals surface area (Å²) in [6, 6.07) is 17.6. The third kappa shape index (κ3) is 3.95. The standard InChI is InChI=1S/C24H21ClN2O2S/c1-15-7-9-21(10-8-15)27-16(2)11-19(17(27)3)13-22-23(28)26(24(29)30-22)14-18-5-4-6-20(25)12-18/h4-13H,14H2,1-3H3/b22-13-. The lowest BCUT2D eigenvalue weighted by atomic mass is 10.2. The zero-order valence-corrected chi connectivity index (χ0v) is 18.6. The van der Waals surface area contributed by atoms with E-state index in [2.05, 4.69) is 35.8 Å². The lowest BCUT2D eigenvalue weighted by Crippen LogP contribution is -2.27. The highest BCUT2D eigenvalue weighted by atomic mass is 35.5. The summed E-state index contributed by atoms with van der Waals surface area (Å²) in [7, 11) is 0. The lowest BCUT2D eigenvalue weighted by molar-refractivity contribution is -0.123. The van der Waals surface area contributed by atoms with Gasteiger partial charge in [-0.3, -0.25) is 14.5 Å². The third-order valence-corrected chi connectivity index (χ3v) is 6.29. The Morgan fingerprint density at radius 3 is 2.43 bits per heavy atom. The predicted octanol–water partition coefficient (Wildman–Crippen LogP) is 6.29. The van der Waals surface area contributed by atoms with E-state index in [-0.39, 0.29) is 17.7 Å². The van der Waals surface area contributed by atoms with Gasteiger partial charge < -0.3 is 4.57 Å². The third-order valence-electron chi connectivity index (χ3n) is 5.15. The molecule has 2 heterocycles. The Kier molecular flexibility index (Phi) is 5.58. The van der Waals surface area contributed by atoms with Gasteiger partial charge >= 0.3 is 0 Å². The molecule has 2 amide bonds. The van der Waals surface area contributed by atoms with Crippen LogP contribution >= 0.6 is 23.4 Å². The minimum Gasteiger partial charge on any atom is -0.318 e. The minimum absolute atomic E-state index is 0.213. The quantitative estimate of drug-likeness (QED) is 0.451. The Bertz CT molecular complexity index is 1180. The summed E-state index contributed by atoms with van der Waals surface area (Å²) in [5.74, 6) is -0.273. The summed E-state index contributed by atoms with van der Waals surface area (Å²) < 4.78 is 2.15. The van der Waals surface area contributed by atoms with Gasteiger partial charge in [-0.15, -0.1) is 0 Å². The van der Waals surface area contributed by atoms with Gasteiger partial charge in [-0.05, 0) is 80.1 Å². The first-order valence-electron chi connectivity index (χ1n) is 9.59. The molecule has 0 radical (unpaired) electrons. The number of thioether (sulfide) groups is 1. The molecular formula is C24H21ClN2O2S. The van der Waals surface area contributed by atoms with Gasteiger partial charge in [0.2, 0.25) is 0 Å². The molecule has 6 heteroatoms. The van der Waals surface area contributed by atoms with E-state index in [1.807, 2.05) is 38.1 Å². The summed E-state index contributed by atoms with van der Waals surface area (Å²) in [6.07, 6.45) is 1.82. The lowest BCUT2D eigenvalue weighted by Gasteiger charge is -2.12. The van der Waals surface area contributed by atoms with E-state index < -0.39 is 0 Å². The monoisotopic (exact) mass is 436 g/mol. The number of imide groups is 1. The molecule has 0 saturated carbocycles. The van der Waals surface area contributed by atoms with Crippen LogP contribution in [0.1, 0.15) is 28.1 Å². The van der Waals surface area contributed by atoms with Gasteiger partial charge in [0.25, 0.3) is 11.1 Å². The van der Waals surface area contributed by atoms with Crippen LogP contribution in [0.2, 0.25) is 5.02 Å². The molecule has 0 unspecified atom stereocenters. The Morgan fingerprint density at radius 1 is 1.00 bits per heavy atom. The van der Waals surface area contributed by atoms with Crippen LogP contribution in [0.15, 0.2) is 59.5 Å². The number of carbonyl (C=O) groups is 2. The maximum absolute atomic E-state index is 12.9. The first-order chi connectivity index (χ1) is 14.3. The molecule has 0 aliphatic carbocycles. The van der Waals surface area contributed by atoms with Crippen LogP contribution in [0.25, 0.3) is 11.8 Å². The molecule has 4 nitrogen and oxygen atoms in total. The van der Waals surface area contributed by atoms with Crippen molar-refractivity contribution >= 4 is 40.6 Å². The van der Waals surface area contributed by atoms with Gasteiger partial charge in [-0.2, -0.15) is 0 Å². The van der Waals surface area contributed by atoms with E-state index in [0.29, 0.717) is 9.93 Å². The zero-order valence-electron chi connectivity index (χ0n) is 17.0. The van der Waals surface area contributed by atoms with Crippen molar-refractivity contribution in [1.29, 1.82) is 0 Å². The van der Waals surface area contributed by atoms with E-state index >= 15 is 0 Å². The molecule has 1 aliphatic rings. The molecule has 0 bridgehead atoms. The second-order valence-electron chi connectivity index (χ2n) is 7.40. The van der Waals surface area contributed by atoms with Gasteiger partial charge in [-0.1, -0.05) is 41.4 Å². The summed E-state index contributed by atoms with van der Waals surface area (Å²) >= 11 is 7.00. The number of carbonyl (C=O) groups excluding carboxylic acids is 2. The minimum atomic E-state index is -0.273. The Labute approximate surface area is 185 Å². The first kappa shape index (κ1) is 20.5. The molecule has 152 valence electrons. The molecule has 1 aliphatic heterocycles. The number of benzene rings is 2. The Morgan fingerprint density at radius 2 is 1.73 bits per heavy atom. The average Bonchev–Trinajstić information content (AvgIpc) is 3.13. The van der Waals surface area contributed by atoms with Crippen molar-refractivity contribution in [3.05, 3.63) is 92.6 Å². The number of halogens is 1. The molecule has 0 spiro atoms. The maximum Gasteiger partial charge on any atom is 0.293 e. The highest BCUT2D eigenvalue weighted by Gasteiger charge is 2.35. The number of rotatable bonds is 4. The molecule has 4 rings (SSSR count). The summed E-state index contributed by atoms with van der Waals surface area (Å²) in [5, 5.41) is 0.317. The summed E-state index contributed by atoms with van der Waals surface area (Å²) in [5.41, 5.74) is 6.13. The molecule has 2 aromatic carbocycles. The number of amides is 2. The van der Waals surface area contributed by atoms with Crippen LogP contribution in [-0.2, 0) is 11.3 Å². The largest absolute Gasteiger partial charge is 0.318 e. The number of hydrogen-bond acceptors (Lipinski definition) is 3.